The number of nitrogens with zero attached hydrogens (tertiary/aromatic N) is 3. The van der Waals surface area contributed by atoms with Crippen LogP contribution in [0, 0.1) is 0 Å². The van der Waals surface area contributed by atoms with E-state index in [4.69, 9.17) is 14.5 Å². The normalized spacial score (nSPS) is 15.1. The van der Waals surface area contributed by atoms with E-state index in [-0.39, 0.29) is 5.91 Å². The average molecular weight is 434 g/mol. The van der Waals surface area contributed by atoms with Crippen molar-refractivity contribution in [3.05, 3.63) is 29.8 Å². The van der Waals surface area contributed by atoms with Crippen molar-refractivity contribution in [1.29, 1.82) is 0 Å². The second-order valence-electron chi connectivity index (χ2n) is 7.59. The van der Waals surface area contributed by atoms with E-state index >= 15 is 0 Å². The second-order valence-corrected chi connectivity index (χ2v) is 7.59. The van der Waals surface area contributed by atoms with Crippen molar-refractivity contribution in [2.24, 2.45) is 4.99 Å². The molecular weight excluding hydrogens is 394 g/mol. The molecule has 1 heterocycles. The lowest BCUT2D eigenvalue weighted by molar-refractivity contribution is -0.122. The number of hydrogen-bond donors (Lipinski definition) is 2. The molecule has 0 atom stereocenters. The Morgan fingerprint density at radius 1 is 1.13 bits per heavy atom. The molecule has 0 unspecified atom stereocenters. The van der Waals surface area contributed by atoms with Gasteiger partial charge >= 0.3 is 0 Å². The van der Waals surface area contributed by atoms with Gasteiger partial charge in [0.25, 0.3) is 0 Å². The number of ether oxygens (including phenoxy) is 2. The summed E-state index contributed by atoms with van der Waals surface area (Å²) in [6.45, 7) is 11.4. The first-order chi connectivity index (χ1) is 15.2. The number of amides is 1. The van der Waals surface area contributed by atoms with Gasteiger partial charge in [-0.3, -0.25) is 14.7 Å². The number of piperazine rings is 1. The predicted molar refractivity (Wildman–Crippen MR) is 125 cm³/mol. The minimum atomic E-state index is 0.0521. The summed E-state index contributed by atoms with van der Waals surface area (Å²) in [4.78, 5) is 21.3. The molecule has 174 valence electrons. The summed E-state index contributed by atoms with van der Waals surface area (Å²) < 4.78 is 10.7. The summed E-state index contributed by atoms with van der Waals surface area (Å²) in [5.41, 5.74) is 1.23. The highest BCUT2D eigenvalue weighted by atomic mass is 16.5. The third kappa shape index (κ3) is 9.57. The van der Waals surface area contributed by atoms with E-state index in [0.717, 1.165) is 70.4 Å². The quantitative estimate of drug-likeness (QED) is 0.294. The zero-order valence-corrected chi connectivity index (χ0v) is 19.4. The highest BCUT2D eigenvalue weighted by Gasteiger charge is 2.21. The molecule has 1 aliphatic heterocycles. The van der Waals surface area contributed by atoms with Gasteiger partial charge in [0.2, 0.25) is 5.91 Å². The van der Waals surface area contributed by atoms with E-state index < -0.39 is 0 Å². The zero-order valence-electron chi connectivity index (χ0n) is 19.4. The fourth-order valence-electron chi connectivity index (χ4n) is 3.40. The van der Waals surface area contributed by atoms with Gasteiger partial charge < -0.3 is 25.0 Å². The molecular formula is C23H39N5O3. The van der Waals surface area contributed by atoms with Crippen molar-refractivity contribution in [2.75, 3.05) is 72.7 Å². The number of methoxy groups -OCH3 is 1. The molecule has 0 aliphatic carbocycles. The van der Waals surface area contributed by atoms with E-state index in [0.29, 0.717) is 19.7 Å². The van der Waals surface area contributed by atoms with Crippen LogP contribution in [0.25, 0.3) is 0 Å². The number of nitrogens with one attached hydrogen (secondary N) is 2. The molecule has 2 rings (SSSR count). The summed E-state index contributed by atoms with van der Waals surface area (Å²) in [6.07, 6.45) is 1.88. The number of guanidine groups is 1. The van der Waals surface area contributed by atoms with Gasteiger partial charge in [0, 0.05) is 52.9 Å². The maximum Gasteiger partial charge on any atom is 0.234 e. The smallest absolute Gasteiger partial charge is 0.234 e. The molecule has 1 aliphatic rings. The lowest BCUT2D eigenvalue weighted by Crippen LogP contribution is -2.54. The van der Waals surface area contributed by atoms with Crippen LogP contribution in [0.2, 0.25) is 0 Å². The second kappa shape index (κ2) is 14.6. The van der Waals surface area contributed by atoms with Crippen LogP contribution in [0.15, 0.2) is 29.3 Å². The van der Waals surface area contributed by atoms with Crippen LogP contribution in [-0.2, 0) is 16.0 Å². The van der Waals surface area contributed by atoms with Crippen molar-refractivity contribution in [3.63, 3.8) is 0 Å². The van der Waals surface area contributed by atoms with Crippen molar-refractivity contribution in [2.45, 2.75) is 26.7 Å². The van der Waals surface area contributed by atoms with Gasteiger partial charge in [-0.1, -0.05) is 19.1 Å². The van der Waals surface area contributed by atoms with Gasteiger partial charge in [-0.05, 0) is 37.5 Å². The largest absolute Gasteiger partial charge is 0.494 e. The lowest BCUT2D eigenvalue weighted by Gasteiger charge is -2.36. The molecule has 1 aromatic carbocycles. The molecule has 8 heteroatoms. The summed E-state index contributed by atoms with van der Waals surface area (Å²) in [6, 6.07) is 8.27. The number of hydrogen-bond acceptors (Lipinski definition) is 5. The number of carbonyl (C=O) groups is 1. The highest BCUT2D eigenvalue weighted by Crippen LogP contribution is 2.14. The number of benzene rings is 1. The number of carbonyl (C=O) groups excluding carboxylic acids is 1. The minimum Gasteiger partial charge on any atom is -0.494 e. The molecule has 1 fully saturated rings. The van der Waals surface area contributed by atoms with Crippen molar-refractivity contribution in [1.82, 2.24) is 20.4 Å². The van der Waals surface area contributed by atoms with E-state index in [1.165, 1.54) is 5.56 Å². The van der Waals surface area contributed by atoms with Crippen molar-refractivity contribution in [3.8, 4) is 5.75 Å². The number of rotatable bonds is 12. The first-order valence-corrected chi connectivity index (χ1v) is 11.4. The Morgan fingerprint density at radius 3 is 2.65 bits per heavy atom. The molecule has 0 spiro atoms. The SMILES string of the molecule is CCCOc1cccc(CCN=C(NCC)N2CCN(CC(=O)NCCOC)CC2)c1. The van der Waals surface area contributed by atoms with Crippen LogP contribution in [0.1, 0.15) is 25.8 Å². The van der Waals surface area contributed by atoms with Crippen LogP contribution in [-0.4, -0.2) is 94.3 Å². The third-order valence-electron chi connectivity index (χ3n) is 5.04. The first-order valence-electron chi connectivity index (χ1n) is 11.4. The molecule has 0 radical (unpaired) electrons. The Hall–Kier alpha value is -2.32. The summed E-state index contributed by atoms with van der Waals surface area (Å²) in [5.74, 6) is 1.93. The molecule has 0 bridgehead atoms. The number of aliphatic imine (C=N–C) groups is 1. The predicted octanol–water partition coefficient (Wildman–Crippen LogP) is 1.36. The summed E-state index contributed by atoms with van der Waals surface area (Å²) in [7, 11) is 1.63. The maximum absolute atomic E-state index is 12.0. The molecule has 1 saturated heterocycles. The lowest BCUT2D eigenvalue weighted by atomic mass is 10.1. The Morgan fingerprint density at radius 2 is 1.94 bits per heavy atom. The van der Waals surface area contributed by atoms with Crippen molar-refractivity contribution >= 4 is 11.9 Å². The first kappa shape index (κ1) is 24.9. The summed E-state index contributed by atoms with van der Waals surface area (Å²) >= 11 is 0. The van der Waals surface area contributed by atoms with Gasteiger partial charge in [0.05, 0.1) is 19.8 Å². The van der Waals surface area contributed by atoms with Crippen LogP contribution in [0.4, 0.5) is 0 Å². The Kier molecular flexibility index (Phi) is 11.8. The summed E-state index contributed by atoms with van der Waals surface area (Å²) in [5, 5.41) is 6.29. The van der Waals surface area contributed by atoms with Gasteiger partial charge in [0.15, 0.2) is 5.96 Å². The molecule has 0 aromatic heterocycles. The molecule has 1 aromatic rings. The molecule has 31 heavy (non-hydrogen) atoms. The Bertz CT molecular complexity index is 675. The van der Waals surface area contributed by atoms with Crippen LogP contribution < -0.4 is 15.4 Å². The standard InChI is InChI=1S/C23H39N5O3/c1-4-16-31-21-8-6-7-20(18-21)9-10-26-23(24-5-2)28-14-12-27(13-15-28)19-22(29)25-11-17-30-3/h6-8,18H,4-5,9-17,19H2,1-3H3,(H,24,26)(H,25,29). The Labute approximate surface area is 187 Å². The van der Waals surface area contributed by atoms with Gasteiger partial charge in [0.1, 0.15) is 5.75 Å². The van der Waals surface area contributed by atoms with Crippen LogP contribution in [0.5, 0.6) is 5.75 Å². The zero-order chi connectivity index (χ0) is 22.3. The van der Waals surface area contributed by atoms with Gasteiger partial charge in [-0.25, -0.2) is 0 Å². The van der Waals surface area contributed by atoms with Crippen molar-refractivity contribution < 1.29 is 14.3 Å². The highest BCUT2D eigenvalue weighted by molar-refractivity contribution is 5.80. The average Bonchev–Trinajstić information content (AvgIpc) is 2.78. The molecule has 8 nitrogen and oxygen atoms in total. The fourth-order valence-corrected chi connectivity index (χ4v) is 3.40. The molecule has 1 amide bonds. The van der Waals surface area contributed by atoms with Gasteiger partial charge in [-0.2, -0.15) is 0 Å². The fraction of sp³-hybridized carbons (Fsp3) is 0.652. The minimum absolute atomic E-state index is 0.0521. The van der Waals surface area contributed by atoms with E-state index in [2.05, 4.69) is 46.4 Å². The Balaban J connectivity index is 1.80. The van der Waals surface area contributed by atoms with Crippen LogP contribution >= 0.6 is 0 Å². The van der Waals surface area contributed by atoms with E-state index in [1.807, 2.05) is 12.1 Å². The van der Waals surface area contributed by atoms with E-state index in [9.17, 15) is 4.79 Å². The maximum atomic E-state index is 12.0. The molecule has 2 N–H and O–H groups in total. The third-order valence-corrected chi connectivity index (χ3v) is 5.04. The van der Waals surface area contributed by atoms with Gasteiger partial charge in [-0.15, -0.1) is 0 Å². The van der Waals surface area contributed by atoms with E-state index in [1.54, 1.807) is 7.11 Å². The topological polar surface area (TPSA) is 78.4 Å². The molecule has 0 saturated carbocycles. The van der Waals surface area contributed by atoms with Crippen LogP contribution in [0.3, 0.4) is 0 Å². The monoisotopic (exact) mass is 433 g/mol.